The van der Waals surface area contributed by atoms with Crippen molar-refractivity contribution in [1.29, 1.82) is 0 Å². The molecule has 0 aliphatic carbocycles. The van der Waals surface area contributed by atoms with Crippen LogP contribution >= 0.6 is 11.6 Å². The van der Waals surface area contributed by atoms with Crippen LogP contribution in [0.25, 0.3) is 11.0 Å². The van der Waals surface area contributed by atoms with Crippen LogP contribution in [0.15, 0.2) is 66.7 Å². The zero-order valence-corrected chi connectivity index (χ0v) is 17.8. The Morgan fingerprint density at radius 1 is 1.06 bits per heavy atom. The standard InChI is InChI=1S/C24H20ClN3O4/c25-17-6-8-18(9-7-17)30-14-23-27-19-3-1-2-4-20(19)28(23)13-24(29)26-12-16-5-10-21-22(11-16)32-15-31-21/h1-11H,12-15H2,(H,26,29). The van der Waals surface area contributed by atoms with Gasteiger partial charge in [0.25, 0.3) is 0 Å². The topological polar surface area (TPSA) is 74.6 Å². The average molecular weight is 450 g/mol. The van der Waals surface area contributed by atoms with E-state index in [1.807, 2.05) is 47.0 Å². The summed E-state index contributed by atoms with van der Waals surface area (Å²) >= 11 is 5.94. The van der Waals surface area contributed by atoms with Gasteiger partial charge in [-0.15, -0.1) is 0 Å². The van der Waals surface area contributed by atoms with Gasteiger partial charge in [0.15, 0.2) is 11.5 Å². The predicted molar refractivity (Wildman–Crippen MR) is 120 cm³/mol. The predicted octanol–water partition coefficient (Wildman–Crippen LogP) is 4.31. The molecule has 0 atom stereocenters. The monoisotopic (exact) mass is 449 g/mol. The molecule has 32 heavy (non-hydrogen) atoms. The van der Waals surface area contributed by atoms with Gasteiger partial charge < -0.3 is 24.1 Å². The molecule has 0 saturated heterocycles. The Morgan fingerprint density at radius 2 is 1.88 bits per heavy atom. The number of carbonyl (C=O) groups excluding carboxylic acids is 1. The molecule has 7 nitrogen and oxygen atoms in total. The zero-order valence-electron chi connectivity index (χ0n) is 17.1. The summed E-state index contributed by atoms with van der Waals surface area (Å²) in [6, 6.07) is 20.5. The van der Waals surface area contributed by atoms with Crippen molar-refractivity contribution in [1.82, 2.24) is 14.9 Å². The molecule has 1 aliphatic rings. The largest absolute Gasteiger partial charge is 0.486 e. The van der Waals surface area contributed by atoms with E-state index in [4.69, 9.17) is 25.8 Å². The van der Waals surface area contributed by atoms with Crippen molar-refractivity contribution in [3.8, 4) is 17.2 Å². The Kier molecular flexibility index (Phi) is 5.56. The molecule has 0 unspecified atom stereocenters. The molecule has 8 heteroatoms. The van der Waals surface area contributed by atoms with Crippen LogP contribution in [0, 0.1) is 0 Å². The zero-order chi connectivity index (χ0) is 21.9. The second-order valence-corrected chi connectivity index (χ2v) is 7.75. The Morgan fingerprint density at radius 3 is 2.75 bits per heavy atom. The summed E-state index contributed by atoms with van der Waals surface area (Å²) in [6.45, 7) is 0.967. The molecule has 0 bridgehead atoms. The van der Waals surface area contributed by atoms with Crippen LogP contribution in [0.1, 0.15) is 11.4 Å². The number of ether oxygens (including phenoxy) is 3. The normalized spacial score (nSPS) is 12.2. The first-order valence-corrected chi connectivity index (χ1v) is 10.5. The summed E-state index contributed by atoms with van der Waals surface area (Å²) in [5, 5.41) is 3.60. The number of carbonyl (C=O) groups is 1. The van der Waals surface area contributed by atoms with Gasteiger partial charge in [-0.25, -0.2) is 4.98 Å². The molecule has 0 spiro atoms. The number of rotatable bonds is 7. The number of hydrogen-bond acceptors (Lipinski definition) is 5. The molecule has 0 saturated carbocycles. The van der Waals surface area contributed by atoms with Crippen LogP contribution in [0.5, 0.6) is 17.2 Å². The van der Waals surface area contributed by atoms with Gasteiger partial charge in [-0.1, -0.05) is 29.8 Å². The number of para-hydroxylation sites is 2. The molecule has 1 aromatic heterocycles. The van der Waals surface area contributed by atoms with Crippen molar-refractivity contribution in [3.63, 3.8) is 0 Å². The molecule has 3 aromatic carbocycles. The molecule has 1 N–H and O–H groups in total. The van der Waals surface area contributed by atoms with Crippen LogP contribution in [-0.2, 0) is 24.5 Å². The van der Waals surface area contributed by atoms with Crippen molar-refractivity contribution in [3.05, 3.63) is 83.1 Å². The lowest BCUT2D eigenvalue weighted by molar-refractivity contribution is -0.121. The van der Waals surface area contributed by atoms with Gasteiger partial charge in [-0.05, 0) is 54.1 Å². The third kappa shape index (κ3) is 4.33. The highest BCUT2D eigenvalue weighted by atomic mass is 35.5. The van der Waals surface area contributed by atoms with Crippen LogP contribution in [-0.4, -0.2) is 22.3 Å². The van der Waals surface area contributed by atoms with Crippen LogP contribution in [0.4, 0.5) is 0 Å². The Hall–Kier alpha value is -3.71. The maximum Gasteiger partial charge on any atom is 0.240 e. The van der Waals surface area contributed by atoms with Crippen molar-refractivity contribution in [2.24, 2.45) is 0 Å². The smallest absolute Gasteiger partial charge is 0.240 e. The molecule has 4 aromatic rings. The number of imidazole rings is 1. The third-order valence-corrected chi connectivity index (χ3v) is 5.40. The lowest BCUT2D eigenvalue weighted by Crippen LogP contribution is -2.28. The van der Waals surface area contributed by atoms with E-state index in [-0.39, 0.29) is 25.9 Å². The molecule has 0 fully saturated rings. The third-order valence-electron chi connectivity index (χ3n) is 5.14. The Labute approximate surface area is 189 Å². The van der Waals surface area contributed by atoms with Crippen molar-refractivity contribution in [2.45, 2.75) is 19.7 Å². The maximum absolute atomic E-state index is 12.8. The number of fused-ring (bicyclic) bond motifs is 2. The molecule has 162 valence electrons. The summed E-state index contributed by atoms with van der Waals surface area (Å²) in [5.41, 5.74) is 2.62. The average Bonchev–Trinajstić information content (AvgIpc) is 3.41. The molecular weight excluding hydrogens is 430 g/mol. The van der Waals surface area contributed by atoms with Crippen LogP contribution in [0.3, 0.4) is 0 Å². The quantitative estimate of drug-likeness (QED) is 0.455. The summed E-state index contributed by atoms with van der Waals surface area (Å²) < 4.78 is 18.5. The summed E-state index contributed by atoms with van der Waals surface area (Å²) in [5.74, 6) is 2.63. The minimum atomic E-state index is -0.126. The van der Waals surface area contributed by atoms with Gasteiger partial charge in [-0.2, -0.15) is 0 Å². The van der Waals surface area contributed by atoms with E-state index in [1.54, 1.807) is 24.3 Å². The van der Waals surface area contributed by atoms with E-state index < -0.39 is 0 Å². The molecule has 1 aliphatic heterocycles. The number of amides is 1. The first-order chi connectivity index (χ1) is 15.7. The Balaban J connectivity index is 1.29. The fraction of sp³-hybridized carbons (Fsp3) is 0.167. The van der Waals surface area contributed by atoms with Crippen molar-refractivity contribution >= 4 is 28.5 Å². The van der Waals surface area contributed by atoms with Crippen molar-refractivity contribution in [2.75, 3.05) is 6.79 Å². The lowest BCUT2D eigenvalue weighted by Gasteiger charge is -2.11. The highest BCUT2D eigenvalue weighted by Crippen LogP contribution is 2.32. The number of hydrogen-bond donors (Lipinski definition) is 1. The van der Waals surface area contributed by atoms with E-state index in [0.29, 0.717) is 28.9 Å². The maximum atomic E-state index is 12.8. The van der Waals surface area contributed by atoms with Gasteiger partial charge in [0.2, 0.25) is 12.7 Å². The van der Waals surface area contributed by atoms with Crippen molar-refractivity contribution < 1.29 is 19.0 Å². The number of benzene rings is 3. The van der Waals surface area contributed by atoms with E-state index in [9.17, 15) is 4.79 Å². The number of nitrogens with one attached hydrogen (secondary N) is 1. The minimum absolute atomic E-state index is 0.126. The molecule has 1 amide bonds. The minimum Gasteiger partial charge on any atom is -0.486 e. The molecule has 2 heterocycles. The fourth-order valence-corrected chi connectivity index (χ4v) is 3.67. The lowest BCUT2D eigenvalue weighted by atomic mass is 10.2. The van der Waals surface area contributed by atoms with E-state index in [2.05, 4.69) is 10.3 Å². The number of halogens is 1. The first kappa shape index (κ1) is 20.2. The van der Waals surface area contributed by atoms with Crippen LogP contribution in [0.2, 0.25) is 5.02 Å². The van der Waals surface area contributed by atoms with Gasteiger partial charge in [-0.3, -0.25) is 4.79 Å². The molecule has 0 radical (unpaired) electrons. The van der Waals surface area contributed by atoms with E-state index in [1.165, 1.54) is 0 Å². The SMILES string of the molecule is O=C(Cn1c(COc2ccc(Cl)cc2)nc2ccccc21)NCc1ccc2c(c1)OCO2. The summed E-state index contributed by atoms with van der Waals surface area (Å²) in [6.07, 6.45) is 0. The fourth-order valence-electron chi connectivity index (χ4n) is 3.54. The Bertz CT molecular complexity index is 1270. The highest BCUT2D eigenvalue weighted by molar-refractivity contribution is 6.30. The van der Waals surface area contributed by atoms with E-state index >= 15 is 0 Å². The van der Waals surface area contributed by atoms with Gasteiger partial charge in [0.05, 0.1) is 11.0 Å². The van der Waals surface area contributed by atoms with Gasteiger partial charge in [0.1, 0.15) is 24.7 Å². The number of aromatic nitrogens is 2. The summed E-state index contributed by atoms with van der Waals surface area (Å²) in [7, 11) is 0. The first-order valence-electron chi connectivity index (χ1n) is 10.1. The van der Waals surface area contributed by atoms with Crippen LogP contribution < -0.4 is 19.5 Å². The molecular formula is C24H20ClN3O4. The van der Waals surface area contributed by atoms with Gasteiger partial charge >= 0.3 is 0 Å². The van der Waals surface area contributed by atoms with E-state index in [0.717, 1.165) is 22.3 Å². The number of nitrogens with zero attached hydrogens (tertiary/aromatic N) is 2. The summed E-state index contributed by atoms with van der Waals surface area (Å²) in [4.78, 5) is 17.4. The second kappa shape index (κ2) is 8.80. The second-order valence-electron chi connectivity index (χ2n) is 7.31. The van der Waals surface area contributed by atoms with Gasteiger partial charge in [0, 0.05) is 11.6 Å². The molecule has 5 rings (SSSR count). The highest BCUT2D eigenvalue weighted by Gasteiger charge is 2.16.